The highest BCUT2D eigenvalue weighted by Crippen LogP contribution is 2.36. The zero-order valence-electron chi connectivity index (χ0n) is 28.4. The Morgan fingerprint density at radius 2 is 1.79 bits per heavy atom. The van der Waals surface area contributed by atoms with Gasteiger partial charge in [-0.25, -0.2) is 9.37 Å². The number of hydrogen-bond acceptors (Lipinski definition) is 7. The Kier molecular flexibility index (Phi) is 10.0. The van der Waals surface area contributed by atoms with Crippen LogP contribution in [0.4, 0.5) is 21.7 Å². The molecule has 2 aromatic heterocycles. The zero-order chi connectivity index (χ0) is 34.1. The summed E-state index contributed by atoms with van der Waals surface area (Å²) in [6.45, 7) is 14.4. The molecule has 3 heterocycles. The molecule has 2 aliphatic rings. The van der Waals surface area contributed by atoms with Crippen molar-refractivity contribution in [1.82, 2.24) is 24.8 Å². The number of nitrogens with zero attached hydrogens (tertiary/aromatic N) is 5. The summed E-state index contributed by atoms with van der Waals surface area (Å²) in [5, 5.41) is 7.08. The van der Waals surface area contributed by atoms with Gasteiger partial charge in [0.05, 0.1) is 10.6 Å². The number of benzene rings is 2. The number of aryl methyl sites for hydroxylation is 2. The summed E-state index contributed by atoms with van der Waals surface area (Å²) in [5.74, 6) is -0.172. The van der Waals surface area contributed by atoms with Crippen molar-refractivity contribution in [3.63, 3.8) is 0 Å². The van der Waals surface area contributed by atoms with Gasteiger partial charge in [0.15, 0.2) is 0 Å². The molecular formula is C37H45ClFN7O2. The van der Waals surface area contributed by atoms with Crippen LogP contribution in [0.25, 0.3) is 22.2 Å². The molecule has 0 unspecified atom stereocenters. The van der Waals surface area contributed by atoms with Crippen molar-refractivity contribution in [1.29, 1.82) is 0 Å². The molecule has 2 N–H and O–H groups in total. The Morgan fingerprint density at radius 1 is 1.06 bits per heavy atom. The summed E-state index contributed by atoms with van der Waals surface area (Å²) in [7, 11) is 0. The number of halogens is 2. The summed E-state index contributed by atoms with van der Waals surface area (Å²) in [5.41, 5.74) is 4.83. The Hall–Kier alpha value is -4.02. The van der Waals surface area contributed by atoms with Crippen LogP contribution in [-0.4, -0.2) is 63.6 Å². The molecule has 1 amide bonds. The van der Waals surface area contributed by atoms with Crippen molar-refractivity contribution in [2.45, 2.75) is 84.8 Å². The normalized spacial score (nSPS) is 18.8. The standard InChI is InChI=1S/C37H45ClFN7O2/c1-6-32(47)41-25-10-13-27(14-11-25)46-35-29(24(5)33(36(46)48)28-8-7-9-30(39)34(28)38)21-40-37(43-35)42-26-12-15-31(23(4)20-26)45-18-16-44(17-19-45)22(2)3/h7-9,12,15,20-22,25,27H,6,10-11,13-14,16-19H2,1-5H3,(H,41,47)(H,40,42,43). The van der Waals surface area contributed by atoms with Crippen LogP contribution in [0.1, 0.15) is 70.0 Å². The number of carbonyl (C=O) groups excluding carboxylic acids is 1. The fourth-order valence-electron chi connectivity index (χ4n) is 7.25. The smallest absolute Gasteiger partial charge is 0.260 e. The summed E-state index contributed by atoms with van der Waals surface area (Å²) in [6, 6.07) is 11.3. The lowest BCUT2D eigenvalue weighted by Crippen LogP contribution is -2.49. The van der Waals surface area contributed by atoms with Crippen LogP contribution >= 0.6 is 11.6 Å². The van der Waals surface area contributed by atoms with E-state index in [0.717, 1.165) is 50.3 Å². The third-order valence-electron chi connectivity index (χ3n) is 10.0. The molecule has 48 heavy (non-hydrogen) atoms. The Balaban J connectivity index is 1.35. The summed E-state index contributed by atoms with van der Waals surface area (Å²) in [4.78, 5) is 41.1. The van der Waals surface area contributed by atoms with E-state index in [0.29, 0.717) is 59.0 Å². The molecule has 0 radical (unpaired) electrons. The summed E-state index contributed by atoms with van der Waals surface area (Å²) >= 11 is 6.44. The first-order chi connectivity index (χ1) is 23.0. The highest BCUT2D eigenvalue weighted by atomic mass is 35.5. The number of rotatable bonds is 8. The van der Waals surface area contributed by atoms with E-state index in [1.165, 1.54) is 11.8 Å². The molecule has 4 aromatic rings. The highest BCUT2D eigenvalue weighted by molar-refractivity contribution is 6.33. The van der Waals surface area contributed by atoms with Gasteiger partial charge in [-0.05, 0) is 88.8 Å². The number of hydrogen-bond donors (Lipinski definition) is 2. The van der Waals surface area contributed by atoms with Crippen LogP contribution in [0, 0.1) is 19.7 Å². The molecule has 1 saturated carbocycles. The van der Waals surface area contributed by atoms with Gasteiger partial charge in [0.2, 0.25) is 11.9 Å². The van der Waals surface area contributed by atoms with Crippen molar-refractivity contribution < 1.29 is 9.18 Å². The van der Waals surface area contributed by atoms with Gasteiger partial charge in [0, 0.05) is 79.2 Å². The van der Waals surface area contributed by atoms with Crippen LogP contribution in [0.5, 0.6) is 0 Å². The van der Waals surface area contributed by atoms with Crippen molar-refractivity contribution in [2.75, 3.05) is 36.4 Å². The maximum atomic E-state index is 14.6. The SMILES string of the molecule is CCC(=O)NC1CCC(n2c(=O)c(-c3cccc(F)c3Cl)c(C)c3cnc(Nc4ccc(N5CCN(C(C)C)CC5)c(C)c4)nc32)CC1. The monoisotopic (exact) mass is 673 g/mol. The summed E-state index contributed by atoms with van der Waals surface area (Å²) in [6.07, 6.45) is 5.01. The molecule has 2 fully saturated rings. The predicted molar refractivity (Wildman–Crippen MR) is 192 cm³/mol. The lowest BCUT2D eigenvalue weighted by molar-refractivity contribution is -0.121. The van der Waals surface area contributed by atoms with Gasteiger partial charge in [0.1, 0.15) is 11.5 Å². The first kappa shape index (κ1) is 33.9. The van der Waals surface area contributed by atoms with E-state index in [1.807, 2.05) is 19.9 Å². The third-order valence-corrected chi connectivity index (χ3v) is 10.4. The van der Waals surface area contributed by atoms with Crippen molar-refractivity contribution in [3.8, 4) is 11.1 Å². The van der Waals surface area contributed by atoms with E-state index in [2.05, 4.69) is 58.3 Å². The fourth-order valence-corrected chi connectivity index (χ4v) is 7.47. The van der Waals surface area contributed by atoms with Gasteiger partial charge in [-0.15, -0.1) is 0 Å². The van der Waals surface area contributed by atoms with Crippen LogP contribution in [0.3, 0.4) is 0 Å². The number of anilines is 3. The van der Waals surface area contributed by atoms with Crippen LogP contribution < -0.4 is 21.1 Å². The molecule has 2 aromatic carbocycles. The minimum Gasteiger partial charge on any atom is -0.369 e. The second-order valence-corrected chi connectivity index (χ2v) is 13.8. The second-order valence-electron chi connectivity index (χ2n) is 13.4. The van der Waals surface area contributed by atoms with Crippen LogP contribution in [-0.2, 0) is 4.79 Å². The molecule has 1 saturated heterocycles. The van der Waals surface area contributed by atoms with E-state index in [4.69, 9.17) is 16.6 Å². The van der Waals surface area contributed by atoms with Gasteiger partial charge < -0.3 is 15.5 Å². The number of nitrogens with one attached hydrogen (secondary N) is 2. The maximum Gasteiger partial charge on any atom is 0.260 e. The average Bonchev–Trinajstić information content (AvgIpc) is 3.07. The van der Waals surface area contributed by atoms with E-state index in [1.54, 1.807) is 22.9 Å². The first-order valence-electron chi connectivity index (χ1n) is 17.1. The van der Waals surface area contributed by atoms with Gasteiger partial charge in [0.25, 0.3) is 5.56 Å². The lowest BCUT2D eigenvalue weighted by Gasteiger charge is -2.38. The van der Waals surface area contributed by atoms with E-state index < -0.39 is 5.82 Å². The van der Waals surface area contributed by atoms with E-state index in [9.17, 15) is 14.0 Å². The molecule has 1 aliphatic carbocycles. The van der Waals surface area contributed by atoms with Gasteiger partial charge in [-0.1, -0.05) is 30.7 Å². The van der Waals surface area contributed by atoms with Crippen LogP contribution in [0.15, 0.2) is 47.4 Å². The number of pyridine rings is 1. The highest BCUT2D eigenvalue weighted by Gasteiger charge is 2.29. The molecule has 6 rings (SSSR count). The number of fused-ring (bicyclic) bond motifs is 1. The quantitative estimate of drug-likeness (QED) is 0.205. The second kappa shape index (κ2) is 14.2. The Bertz CT molecular complexity index is 1880. The molecule has 0 spiro atoms. The third kappa shape index (κ3) is 6.78. The maximum absolute atomic E-state index is 14.6. The van der Waals surface area contributed by atoms with E-state index >= 15 is 0 Å². The Labute approximate surface area is 286 Å². The zero-order valence-corrected chi connectivity index (χ0v) is 29.2. The lowest BCUT2D eigenvalue weighted by atomic mass is 9.90. The van der Waals surface area contributed by atoms with Gasteiger partial charge in [-0.2, -0.15) is 4.98 Å². The molecule has 11 heteroatoms. The summed E-state index contributed by atoms with van der Waals surface area (Å²) < 4.78 is 16.4. The predicted octanol–water partition coefficient (Wildman–Crippen LogP) is 7.15. The van der Waals surface area contributed by atoms with Crippen molar-refractivity contribution in [3.05, 3.63) is 74.9 Å². The van der Waals surface area contributed by atoms with Crippen molar-refractivity contribution >= 4 is 45.9 Å². The van der Waals surface area contributed by atoms with Crippen molar-refractivity contribution in [2.24, 2.45) is 0 Å². The molecule has 0 atom stereocenters. The van der Waals surface area contributed by atoms with Crippen LogP contribution in [0.2, 0.25) is 5.02 Å². The minimum atomic E-state index is -0.582. The number of piperazine rings is 1. The number of carbonyl (C=O) groups is 1. The average molecular weight is 674 g/mol. The molecule has 0 bridgehead atoms. The molecule has 254 valence electrons. The molecule has 1 aliphatic heterocycles. The molecular weight excluding hydrogens is 629 g/mol. The minimum absolute atomic E-state index is 0.0276. The number of amides is 1. The Morgan fingerprint density at radius 3 is 2.46 bits per heavy atom. The topological polar surface area (TPSA) is 95.4 Å². The first-order valence-corrected chi connectivity index (χ1v) is 17.5. The fraction of sp³-hybridized carbons (Fsp3) is 0.459. The molecule has 9 nitrogen and oxygen atoms in total. The largest absolute Gasteiger partial charge is 0.369 e. The van der Waals surface area contributed by atoms with Gasteiger partial charge in [-0.3, -0.25) is 19.1 Å². The number of aromatic nitrogens is 3. The van der Waals surface area contributed by atoms with Gasteiger partial charge >= 0.3 is 0 Å². The van der Waals surface area contributed by atoms with E-state index in [-0.39, 0.29) is 28.6 Å².